The molecule has 0 heterocycles. The second-order valence-corrected chi connectivity index (χ2v) is 3.65. The van der Waals surface area contributed by atoms with Crippen molar-refractivity contribution in [3.05, 3.63) is 42.0 Å². The van der Waals surface area contributed by atoms with Gasteiger partial charge < -0.3 is 9.84 Å². The fourth-order valence-corrected chi connectivity index (χ4v) is 1.48. The number of aliphatic hydroxyl groups excluding tert-OH is 1. The molecular weight excluding hydrogens is 188 g/mol. The third-order valence-corrected chi connectivity index (χ3v) is 2.12. The molecule has 1 aromatic rings. The highest BCUT2D eigenvalue weighted by molar-refractivity contribution is 5.35. The second-order valence-electron chi connectivity index (χ2n) is 3.65. The maximum absolute atomic E-state index is 9.96. The van der Waals surface area contributed by atoms with Crippen molar-refractivity contribution in [1.82, 2.24) is 0 Å². The Bertz CT molecular complexity index is 331. The van der Waals surface area contributed by atoms with E-state index in [4.69, 9.17) is 4.74 Å². The van der Waals surface area contributed by atoms with Crippen LogP contribution in [0.5, 0.6) is 5.75 Å². The number of aliphatic hydroxyl groups is 1. The molecule has 0 aliphatic carbocycles. The largest absolute Gasteiger partial charge is 0.493 e. The molecule has 0 aromatic heterocycles. The summed E-state index contributed by atoms with van der Waals surface area (Å²) in [5.41, 5.74) is 1.80. The molecule has 0 aliphatic heterocycles. The Morgan fingerprint density at radius 3 is 2.73 bits per heavy atom. The van der Waals surface area contributed by atoms with Gasteiger partial charge >= 0.3 is 0 Å². The minimum absolute atomic E-state index is 0.523. The van der Waals surface area contributed by atoms with Crippen LogP contribution < -0.4 is 4.74 Å². The Balaban J connectivity index is 2.86. The molecule has 2 heteroatoms. The van der Waals surface area contributed by atoms with Gasteiger partial charge in [-0.15, -0.1) is 6.58 Å². The Morgan fingerprint density at radius 1 is 1.47 bits per heavy atom. The van der Waals surface area contributed by atoms with Crippen LogP contribution in [0.15, 0.2) is 36.4 Å². The van der Waals surface area contributed by atoms with Gasteiger partial charge in [0.05, 0.1) is 12.7 Å². The third-order valence-electron chi connectivity index (χ3n) is 2.12. The lowest BCUT2D eigenvalue weighted by Gasteiger charge is -2.15. The van der Waals surface area contributed by atoms with Crippen molar-refractivity contribution >= 4 is 0 Å². The van der Waals surface area contributed by atoms with E-state index in [-0.39, 0.29) is 0 Å². The van der Waals surface area contributed by atoms with Crippen LogP contribution in [0.3, 0.4) is 0 Å². The molecule has 1 aromatic carbocycles. The maximum Gasteiger partial charge on any atom is 0.125 e. The van der Waals surface area contributed by atoms with E-state index >= 15 is 0 Å². The summed E-state index contributed by atoms with van der Waals surface area (Å²) in [7, 11) is 0. The van der Waals surface area contributed by atoms with Gasteiger partial charge in [-0.1, -0.05) is 23.8 Å². The number of hydrogen-bond acceptors (Lipinski definition) is 2. The van der Waals surface area contributed by atoms with Crippen LogP contribution in [0.25, 0.3) is 0 Å². The molecule has 1 unspecified atom stereocenters. The van der Waals surface area contributed by atoms with Crippen LogP contribution in [0.2, 0.25) is 0 Å². The molecule has 0 aliphatic rings. The quantitative estimate of drug-likeness (QED) is 0.750. The van der Waals surface area contributed by atoms with Gasteiger partial charge in [-0.05, 0) is 26.3 Å². The number of benzene rings is 1. The van der Waals surface area contributed by atoms with Crippen LogP contribution >= 0.6 is 0 Å². The lowest BCUT2D eigenvalue weighted by atomic mass is 10.0. The first-order valence-corrected chi connectivity index (χ1v) is 5.19. The first-order chi connectivity index (χ1) is 7.15. The van der Waals surface area contributed by atoms with Crippen molar-refractivity contribution in [1.29, 1.82) is 0 Å². The number of rotatable bonds is 5. The average molecular weight is 206 g/mol. The fourth-order valence-electron chi connectivity index (χ4n) is 1.48. The minimum atomic E-state index is -0.523. The molecule has 15 heavy (non-hydrogen) atoms. The molecule has 0 saturated heterocycles. The van der Waals surface area contributed by atoms with E-state index in [0.29, 0.717) is 13.0 Å². The van der Waals surface area contributed by atoms with E-state index in [0.717, 1.165) is 16.9 Å². The van der Waals surface area contributed by atoms with Gasteiger partial charge in [0.1, 0.15) is 5.75 Å². The Kier molecular flexibility index (Phi) is 4.37. The summed E-state index contributed by atoms with van der Waals surface area (Å²) in [6, 6.07) is 7.57. The zero-order valence-electron chi connectivity index (χ0n) is 9.36. The van der Waals surface area contributed by atoms with E-state index in [1.807, 2.05) is 38.1 Å². The van der Waals surface area contributed by atoms with E-state index < -0.39 is 6.10 Å². The predicted octanol–water partition coefficient (Wildman–Crippen LogP) is 3.08. The molecule has 0 radical (unpaired) electrons. The lowest BCUT2D eigenvalue weighted by molar-refractivity contribution is 0.172. The molecule has 0 fully saturated rings. The van der Waals surface area contributed by atoms with Gasteiger partial charge in [-0.25, -0.2) is 0 Å². The summed E-state index contributed by atoms with van der Waals surface area (Å²) in [5.74, 6) is 0.758. The summed E-state index contributed by atoms with van der Waals surface area (Å²) in [6.45, 7) is 8.25. The Hall–Kier alpha value is -1.28. The maximum atomic E-state index is 9.96. The summed E-state index contributed by atoms with van der Waals surface area (Å²) >= 11 is 0. The first-order valence-electron chi connectivity index (χ1n) is 5.19. The summed E-state index contributed by atoms with van der Waals surface area (Å²) in [6.07, 6.45) is 0.0506. The topological polar surface area (TPSA) is 29.5 Å². The standard InChI is InChI=1S/C13H18O2/c1-4-15-13-8-6-5-7-11(13)12(14)9-10(2)3/h5-8,12,14H,2,4,9H2,1,3H3. The van der Waals surface area contributed by atoms with E-state index in [2.05, 4.69) is 6.58 Å². The van der Waals surface area contributed by atoms with Crippen LogP contribution in [0.1, 0.15) is 31.9 Å². The number of para-hydroxylation sites is 1. The zero-order chi connectivity index (χ0) is 11.3. The summed E-state index contributed by atoms with van der Waals surface area (Å²) in [5, 5.41) is 9.96. The van der Waals surface area contributed by atoms with E-state index in [1.165, 1.54) is 0 Å². The molecule has 2 nitrogen and oxygen atoms in total. The van der Waals surface area contributed by atoms with Crippen molar-refractivity contribution in [3.63, 3.8) is 0 Å². The van der Waals surface area contributed by atoms with Crippen molar-refractivity contribution in [2.24, 2.45) is 0 Å². The van der Waals surface area contributed by atoms with Crippen molar-refractivity contribution in [3.8, 4) is 5.75 Å². The highest BCUT2D eigenvalue weighted by atomic mass is 16.5. The molecule has 1 rings (SSSR count). The zero-order valence-corrected chi connectivity index (χ0v) is 9.36. The SMILES string of the molecule is C=C(C)CC(O)c1ccccc1OCC. The molecule has 1 atom stereocenters. The highest BCUT2D eigenvalue weighted by Crippen LogP contribution is 2.28. The predicted molar refractivity (Wildman–Crippen MR) is 62.0 cm³/mol. The highest BCUT2D eigenvalue weighted by Gasteiger charge is 2.12. The van der Waals surface area contributed by atoms with Gasteiger partial charge in [0.2, 0.25) is 0 Å². The molecule has 0 spiro atoms. The average Bonchev–Trinajstić information content (AvgIpc) is 2.18. The molecular formula is C13H18O2. The van der Waals surface area contributed by atoms with Crippen LogP contribution in [-0.4, -0.2) is 11.7 Å². The van der Waals surface area contributed by atoms with Crippen LogP contribution in [0.4, 0.5) is 0 Å². The summed E-state index contributed by atoms with van der Waals surface area (Å²) < 4.78 is 5.45. The second kappa shape index (κ2) is 5.56. The minimum Gasteiger partial charge on any atom is -0.493 e. The molecule has 0 saturated carbocycles. The molecule has 1 N–H and O–H groups in total. The molecule has 82 valence electrons. The molecule has 0 bridgehead atoms. The van der Waals surface area contributed by atoms with Crippen molar-refractivity contribution in [2.45, 2.75) is 26.4 Å². The van der Waals surface area contributed by atoms with Crippen LogP contribution in [0, 0.1) is 0 Å². The Labute approximate surface area is 91.2 Å². The van der Waals surface area contributed by atoms with Gasteiger partial charge in [0.25, 0.3) is 0 Å². The van der Waals surface area contributed by atoms with E-state index in [9.17, 15) is 5.11 Å². The van der Waals surface area contributed by atoms with Crippen LogP contribution in [-0.2, 0) is 0 Å². The van der Waals surface area contributed by atoms with Gasteiger partial charge in [0, 0.05) is 5.56 Å². The number of hydrogen-bond donors (Lipinski definition) is 1. The lowest BCUT2D eigenvalue weighted by Crippen LogP contribution is -2.02. The number of ether oxygens (including phenoxy) is 1. The summed E-state index contributed by atoms with van der Waals surface area (Å²) in [4.78, 5) is 0. The van der Waals surface area contributed by atoms with Gasteiger partial charge in [-0.2, -0.15) is 0 Å². The fraction of sp³-hybridized carbons (Fsp3) is 0.385. The first kappa shape index (κ1) is 11.8. The normalized spacial score (nSPS) is 12.2. The van der Waals surface area contributed by atoms with E-state index in [1.54, 1.807) is 0 Å². The van der Waals surface area contributed by atoms with Gasteiger partial charge in [0.15, 0.2) is 0 Å². The Morgan fingerprint density at radius 2 is 2.13 bits per heavy atom. The molecule has 0 amide bonds. The van der Waals surface area contributed by atoms with Gasteiger partial charge in [-0.3, -0.25) is 0 Å². The smallest absolute Gasteiger partial charge is 0.125 e. The van der Waals surface area contributed by atoms with Crippen molar-refractivity contribution in [2.75, 3.05) is 6.61 Å². The monoisotopic (exact) mass is 206 g/mol. The third kappa shape index (κ3) is 3.40. The van der Waals surface area contributed by atoms with Crippen molar-refractivity contribution < 1.29 is 9.84 Å².